The van der Waals surface area contributed by atoms with Gasteiger partial charge in [-0.2, -0.15) is 0 Å². The number of carbonyl (C=O) groups is 2. The highest BCUT2D eigenvalue weighted by atomic mass is 16.3. The number of aliphatic hydroxyl groups excluding tert-OH is 1. The summed E-state index contributed by atoms with van der Waals surface area (Å²) in [6, 6.07) is 0. The van der Waals surface area contributed by atoms with Gasteiger partial charge in [0.05, 0.1) is 6.10 Å². The summed E-state index contributed by atoms with van der Waals surface area (Å²) in [6.07, 6.45) is 8.06. The van der Waals surface area contributed by atoms with E-state index < -0.39 is 6.10 Å². The van der Waals surface area contributed by atoms with Crippen LogP contribution in [-0.2, 0) is 9.59 Å². The van der Waals surface area contributed by atoms with Gasteiger partial charge < -0.3 is 5.11 Å². The average molecular weight is 330 g/mol. The second kappa shape index (κ2) is 5.27. The largest absolute Gasteiger partial charge is 0.393 e. The summed E-state index contributed by atoms with van der Waals surface area (Å²) in [7, 11) is 0. The van der Waals surface area contributed by atoms with Gasteiger partial charge in [-0.25, -0.2) is 0 Å². The molecule has 0 aromatic rings. The van der Waals surface area contributed by atoms with E-state index in [1.807, 2.05) is 6.08 Å². The molecule has 0 amide bonds. The Hall–Kier alpha value is -0.960. The number of rotatable bonds is 1. The third-order valence-corrected chi connectivity index (χ3v) is 8.56. The number of allylic oxidation sites excluding steroid dienone is 1. The molecule has 0 bridgehead atoms. The van der Waals surface area contributed by atoms with Crippen molar-refractivity contribution in [3.8, 4) is 0 Å². The molecule has 3 heteroatoms. The first kappa shape index (κ1) is 16.5. The number of ketones is 2. The Morgan fingerprint density at radius 3 is 2.62 bits per heavy atom. The lowest BCUT2D eigenvalue weighted by molar-refractivity contribution is -0.149. The number of hydrogen-bond donors (Lipinski definition) is 1. The molecule has 3 fully saturated rings. The standard InChI is InChI=1S/C21H30O3/c1-12(22)16-6-7-17-15-5-4-13-10-14(23)8-9-20(13,2)18(15)11-19(24)21(16,17)3/h10,15-19,24H,4-9,11H2,1-3H3/t15?,16?,17?,18?,19-,20+,21-/m1/s1. The van der Waals surface area contributed by atoms with Gasteiger partial charge in [-0.15, -0.1) is 0 Å². The summed E-state index contributed by atoms with van der Waals surface area (Å²) in [5.74, 6) is 2.07. The molecule has 0 radical (unpaired) electrons. The SMILES string of the molecule is CC(=O)C1CCC2C3CCC4=CC(=O)CC[C@]4(C)C3C[C@@H](O)[C@]12C. The Morgan fingerprint density at radius 2 is 1.92 bits per heavy atom. The quantitative estimate of drug-likeness (QED) is 0.797. The van der Waals surface area contributed by atoms with Gasteiger partial charge in [0.25, 0.3) is 0 Å². The fraction of sp³-hybridized carbons (Fsp3) is 0.810. The molecular formula is C21H30O3. The van der Waals surface area contributed by atoms with E-state index in [0.717, 1.165) is 38.5 Å². The van der Waals surface area contributed by atoms with Crippen LogP contribution in [0.5, 0.6) is 0 Å². The molecule has 1 N–H and O–H groups in total. The monoisotopic (exact) mass is 330 g/mol. The maximum Gasteiger partial charge on any atom is 0.155 e. The van der Waals surface area contributed by atoms with Crippen LogP contribution in [0.4, 0.5) is 0 Å². The van der Waals surface area contributed by atoms with E-state index in [2.05, 4.69) is 13.8 Å². The topological polar surface area (TPSA) is 54.4 Å². The molecule has 7 atom stereocenters. The normalized spacial score (nSPS) is 50.6. The van der Waals surface area contributed by atoms with Crippen LogP contribution in [0.15, 0.2) is 11.6 Å². The van der Waals surface area contributed by atoms with Gasteiger partial charge in [-0.05, 0) is 74.7 Å². The zero-order valence-corrected chi connectivity index (χ0v) is 15.2. The Labute approximate surface area is 144 Å². The van der Waals surface area contributed by atoms with Crippen molar-refractivity contribution in [2.24, 2.45) is 34.5 Å². The highest BCUT2D eigenvalue weighted by Crippen LogP contribution is 2.66. The van der Waals surface area contributed by atoms with Crippen molar-refractivity contribution in [2.45, 2.75) is 71.8 Å². The van der Waals surface area contributed by atoms with Crippen molar-refractivity contribution in [3.05, 3.63) is 11.6 Å². The third-order valence-electron chi connectivity index (χ3n) is 8.56. The zero-order valence-electron chi connectivity index (χ0n) is 15.2. The molecule has 0 aromatic heterocycles. The van der Waals surface area contributed by atoms with Crippen molar-refractivity contribution in [2.75, 3.05) is 0 Å². The molecule has 4 aliphatic carbocycles. The predicted molar refractivity (Wildman–Crippen MR) is 92.3 cm³/mol. The van der Waals surface area contributed by atoms with Gasteiger partial charge in [0.1, 0.15) is 5.78 Å². The van der Waals surface area contributed by atoms with Crippen LogP contribution < -0.4 is 0 Å². The Morgan fingerprint density at radius 1 is 1.17 bits per heavy atom. The number of hydrogen-bond acceptors (Lipinski definition) is 3. The van der Waals surface area contributed by atoms with E-state index >= 15 is 0 Å². The fourth-order valence-corrected chi connectivity index (χ4v) is 7.19. The van der Waals surface area contributed by atoms with E-state index in [-0.39, 0.29) is 28.3 Å². The maximum atomic E-state index is 12.2. The van der Waals surface area contributed by atoms with Crippen LogP contribution >= 0.6 is 0 Å². The van der Waals surface area contributed by atoms with Gasteiger partial charge in [0.15, 0.2) is 5.78 Å². The van der Waals surface area contributed by atoms with Crippen LogP contribution in [0.3, 0.4) is 0 Å². The van der Waals surface area contributed by atoms with Crippen LogP contribution in [-0.4, -0.2) is 22.8 Å². The Balaban J connectivity index is 1.72. The number of carbonyl (C=O) groups excluding carboxylic acids is 2. The van der Waals surface area contributed by atoms with Gasteiger partial charge >= 0.3 is 0 Å². The molecule has 4 aliphatic rings. The summed E-state index contributed by atoms with van der Waals surface area (Å²) in [4.78, 5) is 24.1. The Bertz CT molecular complexity index is 621. The third kappa shape index (κ3) is 2.00. The molecule has 4 rings (SSSR count). The van der Waals surface area contributed by atoms with Gasteiger partial charge in [0, 0.05) is 17.8 Å². The fourth-order valence-electron chi connectivity index (χ4n) is 7.19. The molecule has 24 heavy (non-hydrogen) atoms. The van der Waals surface area contributed by atoms with E-state index in [1.54, 1.807) is 6.92 Å². The molecule has 0 heterocycles. The molecule has 3 nitrogen and oxygen atoms in total. The number of aliphatic hydroxyl groups is 1. The summed E-state index contributed by atoms with van der Waals surface area (Å²) in [5, 5.41) is 11.1. The predicted octanol–water partition coefficient (Wildman–Crippen LogP) is 3.69. The minimum Gasteiger partial charge on any atom is -0.393 e. The van der Waals surface area contributed by atoms with Crippen molar-refractivity contribution in [1.29, 1.82) is 0 Å². The minimum atomic E-state index is -0.394. The highest BCUT2D eigenvalue weighted by molar-refractivity contribution is 5.91. The van der Waals surface area contributed by atoms with Crippen molar-refractivity contribution < 1.29 is 14.7 Å². The molecule has 3 saturated carbocycles. The molecule has 0 aromatic carbocycles. The van der Waals surface area contributed by atoms with E-state index in [9.17, 15) is 14.7 Å². The summed E-state index contributed by atoms with van der Waals surface area (Å²) in [5.41, 5.74) is 1.17. The second-order valence-corrected chi connectivity index (χ2v) is 9.33. The molecular weight excluding hydrogens is 300 g/mol. The molecule has 132 valence electrons. The summed E-state index contributed by atoms with van der Waals surface area (Å²) < 4.78 is 0. The molecule has 0 aliphatic heterocycles. The average Bonchev–Trinajstić information content (AvgIpc) is 2.88. The number of Topliss-reactive ketones (excluding diaryl/α,β-unsaturated/α-hetero) is 1. The van der Waals surface area contributed by atoms with Crippen molar-refractivity contribution in [1.82, 2.24) is 0 Å². The van der Waals surface area contributed by atoms with Crippen molar-refractivity contribution in [3.63, 3.8) is 0 Å². The zero-order chi connectivity index (χ0) is 17.3. The van der Waals surface area contributed by atoms with E-state index in [1.165, 1.54) is 5.57 Å². The lowest BCUT2D eigenvalue weighted by Crippen LogP contribution is -2.57. The van der Waals surface area contributed by atoms with Gasteiger partial charge in [-0.1, -0.05) is 19.4 Å². The first-order valence-electron chi connectivity index (χ1n) is 9.71. The molecule has 4 unspecified atom stereocenters. The van der Waals surface area contributed by atoms with Gasteiger partial charge in [-0.3, -0.25) is 9.59 Å². The first-order chi connectivity index (χ1) is 11.3. The maximum absolute atomic E-state index is 12.2. The van der Waals surface area contributed by atoms with Crippen LogP contribution in [0.2, 0.25) is 0 Å². The van der Waals surface area contributed by atoms with E-state index in [0.29, 0.717) is 24.2 Å². The highest BCUT2D eigenvalue weighted by Gasteiger charge is 2.63. The smallest absolute Gasteiger partial charge is 0.155 e. The van der Waals surface area contributed by atoms with Crippen LogP contribution in [0.25, 0.3) is 0 Å². The van der Waals surface area contributed by atoms with Crippen LogP contribution in [0.1, 0.15) is 65.7 Å². The van der Waals surface area contributed by atoms with Gasteiger partial charge in [0.2, 0.25) is 0 Å². The van der Waals surface area contributed by atoms with Crippen LogP contribution in [0, 0.1) is 34.5 Å². The minimum absolute atomic E-state index is 0.0242. The number of fused-ring (bicyclic) bond motifs is 5. The molecule has 0 spiro atoms. The summed E-state index contributed by atoms with van der Waals surface area (Å²) in [6.45, 7) is 6.21. The Kier molecular flexibility index (Phi) is 3.62. The van der Waals surface area contributed by atoms with E-state index in [4.69, 9.17) is 0 Å². The second-order valence-electron chi connectivity index (χ2n) is 9.33. The summed E-state index contributed by atoms with van der Waals surface area (Å²) >= 11 is 0. The first-order valence-corrected chi connectivity index (χ1v) is 9.71. The molecule has 0 saturated heterocycles. The van der Waals surface area contributed by atoms with Crippen molar-refractivity contribution >= 4 is 11.6 Å². The lowest BCUT2D eigenvalue weighted by atomic mass is 9.46. The lowest BCUT2D eigenvalue weighted by Gasteiger charge is -2.59.